The second kappa shape index (κ2) is 3.75. The molecule has 3 nitrogen and oxygen atoms in total. The van der Waals surface area contributed by atoms with Crippen molar-refractivity contribution >= 4 is 0 Å². The third kappa shape index (κ3) is 1.80. The molecule has 1 heterocycles. The number of hydrogen-bond acceptors (Lipinski definition) is 3. The zero-order chi connectivity index (χ0) is 10.0. The van der Waals surface area contributed by atoms with Crippen molar-refractivity contribution in [1.29, 1.82) is 0 Å². The Morgan fingerprint density at radius 3 is 2.62 bits per heavy atom. The van der Waals surface area contributed by atoms with Crippen molar-refractivity contribution in [1.82, 2.24) is 0 Å². The van der Waals surface area contributed by atoms with Crippen molar-refractivity contribution < 1.29 is 9.15 Å². The number of methoxy groups -OCH3 is 1. The normalized spacial score (nSPS) is 12.9. The summed E-state index contributed by atoms with van der Waals surface area (Å²) in [5.74, 6) is 0.664. The van der Waals surface area contributed by atoms with E-state index in [0.717, 1.165) is 0 Å². The van der Waals surface area contributed by atoms with Gasteiger partial charge in [0.05, 0.1) is 11.7 Å². The van der Waals surface area contributed by atoms with Crippen LogP contribution in [0.15, 0.2) is 15.5 Å². The van der Waals surface area contributed by atoms with E-state index in [1.165, 1.54) is 6.26 Å². The molecular formula is C10H14O3. The number of aryl methyl sites for hydroxylation is 1. The maximum atomic E-state index is 11.6. The van der Waals surface area contributed by atoms with E-state index >= 15 is 0 Å². The molecule has 0 radical (unpaired) electrons. The Balaban J connectivity index is 3.26. The highest BCUT2D eigenvalue weighted by atomic mass is 16.5. The van der Waals surface area contributed by atoms with Gasteiger partial charge in [-0.1, -0.05) is 0 Å². The molecule has 72 valence electrons. The summed E-state index contributed by atoms with van der Waals surface area (Å²) in [6.45, 7) is 5.35. The Hall–Kier alpha value is -1.09. The van der Waals surface area contributed by atoms with Crippen LogP contribution in [0.5, 0.6) is 0 Å². The topological polar surface area (TPSA) is 39.4 Å². The Morgan fingerprint density at radius 1 is 1.46 bits per heavy atom. The first-order valence-electron chi connectivity index (χ1n) is 4.19. The van der Waals surface area contributed by atoms with Gasteiger partial charge in [-0.05, 0) is 20.8 Å². The molecule has 0 N–H and O–H groups in total. The smallest absolute Gasteiger partial charge is 0.193 e. The van der Waals surface area contributed by atoms with Crippen LogP contribution >= 0.6 is 0 Å². The summed E-state index contributed by atoms with van der Waals surface area (Å²) in [4.78, 5) is 11.6. The van der Waals surface area contributed by atoms with Crippen LogP contribution in [-0.2, 0) is 4.74 Å². The second-order valence-electron chi connectivity index (χ2n) is 3.08. The van der Waals surface area contributed by atoms with Crippen molar-refractivity contribution in [3.63, 3.8) is 0 Å². The third-order valence-corrected chi connectivity index (χ3v) is 2.29. The lowest BCUT2D eigenvalue weighted by molar-refractivity contribution is 0.116. The molecule has 1 aromatic rings. The Kier molecular flexibility index (Phi) is 2.88. The quantitative estimate of drug-likeness (QED) is 0.701. The van der Waals surface area contributed by atoms with Gasteiger partial charge in [0.2, 0.25) is 0 Å². The average molecular weight is 182 g/mol. The SMILES string of the molecule is COC(C)c1coc(C)c(C)c1=O. The predicted octanol–water partition coefficient (Wildman–Crippen LogP) is 1.96. The largest absolute Gasteiger partial charge is 0.469 e. The van der Waals surface area contributed by atoms with Crippen molar-refractivity contribution in [2.24, 2.45) is 0 Å². The molecule has 1 unspecified atom stereocenters. The molecule has 0 spiro atoms. The first-order valence-corrected chi connectivity index (χ1v) is 4.19. The van der Waals surface area contributed by atoms with Gasteiger partial charge in [-0.15, -0.1) is 0 Å². The molecule has 0 saturated heterocycles. The van der Waals surface area contributed by atoms with Crippen molar-refractivity contribution in [2.75, 3.05) is 7.11 Å². The molecule has 1 atom stereocenters. The molecule has 0 amide bonds. The second-order valence-corrected chi connectivity index (χ2v) is 3.08. The van der Waals surface area contributed by atoms with Crippen molar-refractivity contribution in [2.45, 2.75) is 26.9 Å². The fourth-order valence-electron chi connectivity index (χ4n) is 1.08. The van der Waals surface area contributed by atoms with E-state index in [9.17, 15) is 4.79 Å². The zero-order valence-corrected chi connectivity index (χ0v) is 8.38. The highest BCUT2D eigenvalue weighted by molar-refractivity contribution is 5.22. The van der Waals surface area contributed by atoms with Gasteiger partial charge in [-0.3, -0.25) is 4.79 Å². The lowest BCUT2D eigenvalue weighted by Gasteiger charge is -2.09. The molecule has 0 bridgehead atoms. The molecule has 1 aromatic heterocycles. The number of rotatable bonds is 2. The summed E-state index contributed by atoms with van der Waals surface area (Å²) >= 11 is 0. The van der Waals surface area contributed by atoms with Crippen molar-refractivity contribution in [3.8, 4) is 0 Å². The Bertz CT molecular complexity index is 352. The minimum absolute atomic E-state index is 0.0121. The molecule has 1 rings (SSSR count). The summed E-state index contributed by atoms with van der Waals surface area (Å²) in [6.07, 6.45) is 1.26. The molecule has 3 heteroatoms. The zero-order valence-electron chi connectivity index (χ0n) is 8.38. The van der Waals surface area contributed by atoms with Gasteiger partial charge in [-0.2, -0.15) is 0 Å². The molecular weight excluding hydrogens is 168 g/mol. The fraction of sp³-hybridized carbons (Fsp3) is 0.500. The first kappa shape index (κ1) is 9.99. The molecule has 0 fully saturated rings. The van der Waals surface area contributed by atoms with E-state index in [1.807, 2.05) is 6.92 Å². The van der Waals surface area contributed by atoms with E-state index in [2.05, 4.69) is 0 Å². The predicted molar refractivity (Wildman–Crippen MR) is 49.9 cm³/mol. The summed E-state index contributed by atoms with van der Waals surface area (Å²) < 4.78 is 10.3. The van der Waals surface area contributed by atoms with Gasteiger partial charge in [-0.25, -0.2) is 0 Å². The third-order valence-electron chi connectivity index (χ3n) is 2.29. The van der Waals surface area contributed by atoms with Gasteiger partial charge >= 0.3 is 0 Å². The van der Waals surface area contributed by atoms with Gasteiger partial charge < -0.3 is 9.15 Å². The van der Waals surface area contributed by atoms with Crippen molar-refractivity contribution in [3.05, 3.63) is 33.4 Å². The molecule has 0 aliphatic carbocycles. The summed E-state index contributed by atoms with van der Waals surface area (Å²) in [5, 5.41) is 0. The van der Waals surface area contributed by atoms with Crippen LogP contribution < -0.4 is 5.43 Å². The highest BCUT2D eigenvalue weighted by Gasteiger charge is 2.12. The Morgan fingerprint density at radius 2 is 2.08 bits per heavy atom. The molecule has 0 saturated carbocycles. The lowest BCUT2D eigenvalue weighted by Crippen LogP contribution is -2.15. The number of ether oxygens (including phenoxy) is 1. The summed E-state index contributed by atoms with van der Waals surface area (Å²) in [6, 6.07) is 0. The molecule has 0 aliphatic heterocycles. The van der Waals surface area contributed by atoms with Gasteiger partial charge in [0.15, 0.2) is 5.43 Å². The van der Waals surface area contributed by atoms with Crippen LogP contribution in [0.2, 0.25) is 0 Å². The molecule has 0 aromatic carbocycles. The minimum atomic E-state index is -0.212. The summed E-state index contributed by atoms with van der Waals surface area (Å²) in [5.41, 5.74) is 1.24. The fourth-order valence-corrected chi connectivity index (χ4v) is 1.08. The van der Waals surface area contributed by atoms with Gasteiger partial charge in [0.25, 0.3) is 0 Å². The molecule has 13 heavy (non-hydrogen) atoms. The van der Waals surface area contributed by atoms with Crippen LogP contribution in [0.1, 0.15) is 29.9 Å². The number of hydrogen-bond donors (Lipinski definition) is 0. The maximum absolute atomic E-state index is 11.6. The van der Waals surface area contributed by atoms with E-state index < -0.39 is 0 Å². The van der Waals surface area contributed by atoms with Crippen LogP contribution in [0.4, 0.5) is 0 Å². The Labute approximate surface area is 77.3 Å². The minimum Gasteiger partial charge on any atom is -0.469 e. The lowest BCUT2D eigenvalue weighted by atomic mass is 10.1. The van der Waals surface area contributed by atoms with Crippen LogP contribution in [0, 0.1) is 13.8 Å². The molecule has 0 aliphatic rings. The van der Waals surface area contributed by atoms with Crippen LogP contribution in [0.25, 0.3) is 0 Å². The van der Waals surface area contributed by atoms with E-state index in [0.29, 0.717) is 16.9 Å². The average Bonchev–Trinajstić information content (AvgIpc) is 2.13. The van der Waals surface area contributed by atoms with Gasteiger partial charge in [0.1, 0.15) is 12.0 Å². The van der Waals surface area contributed by atoms with Crippen LogP contribution in [0.3, 0.4) is 0 Å². The van der Waals surface area contributed by atoms with Crippen LogP contribution in [-0.4, -0.2) is 7.11 Å². The van der Waals surface area contributed by atoms with Gasteiger partial charge in [0, 0.05) is 12.7 Å². The van der Waals surface area contributed by atoms with E-state index in [4.69, 9.17) is 9.15 Å². The standard InChI is InChI=1S/C10H14O3/c1-6-7(2)13-5-9(10(6)11)8(3)12-4/h5,8H,1-4H3. The maximum Gasteiger partial charge on any atom is 0.193 e. The van der Waals surface area contributed by atoms with E-state index in [1.54, 1.807) is 21.0 Å². The highest BCUT2D eigenvalue weighted by Crippen LogP contribution is 2.13. The first-order chi connectivity index (χ1) is 6.07. The van der Waals surface area contributed by atoms with E-state index in [-0.39, 0.29) is 11.5 Å². The summed E-state index contributed by atoms with van der Waals surface area (Å²) in [7, 11) is 1.57. The monoisotopic (exact) mass is 182 g/mol.